The summed E-state index contributed by atoms with van der Waals surface area (Å²) in [6.07, 6.45) is 3.48. The minimum atomic E-state index is -0.970. The number of nitrogens with one attached hydrogen (secondary N) is 1. The van der Waals surface area contributed by atoms with Crippen LogP contribution in [0.1, 0.15) is 46.2 Å². The summed E-state index contributed by atoms with van der Waals surface area (Å²) >= 11 is 0. The number of pyridine rings is 1. The van der Waals surface area contributed by atoms with E-state index >= 15 is 4.39 Å². The molecule has 130 valence electrons. The first kappa shape index (κ1) is 17.6. The summed E-state index contributed by atoms with van der Waals surface area (Å²) in [6, 6.07) is 5.60. The van der Waals surface area contributed by atoms with Gasteiger partial charge in [-0.1, -0.05) is 6.07 Å². The Kier molecular flexibility index (Phi) is 4.82. The predicted molar refractivity (Wildman–Crippen MR) is 93.9 cm³/mol. The Hall–Kier alpha value is -1.24. The second kappa shape index (κ2) is 6.58. The van der Waals surface area contributed by atoms with Gasteiger partial charge >= 0.3 is 7.12 Å². The van der Waals surface area contributed by atoms with Crippen molar-refractivity contribution in [3.05, 3.63) is 35.8 Å². The first-order chi connectivity index (χ1) is 11.3. The van der Waals surface area contributed by atoms with Crippen LogP contribution in [0.3, 0.4) is 0 Å². The number of hydrogen-bond donors (Lipinski definition) is 1. The Morgan fingerprint density at radius 1 is 1.17 bits per heavy atom. The Morgan fingerprint density at radius 2 is 1.79 bits per heavy atom. The summed E-state index contributed by atoms with van der Waals surface area (Å²) < 4.78 is 27.3. The summed E-state index contributed by atoms with van der Waals surface area (Å²) in [6.45, 7) is 9.52. The van der Waals surface area contributed by atoms with Crippen molar-refractivity contribution in [2.75, 3.05) is 13.1 Å². The standard InChI is InChI=1S/C18H26BFN2O2/c1-17(2)18(3,4)24-19(23-17)16(20)15(13-8-11-21-12-9-13)14-7-5-6-10-22-14/h5-7,10,13,21H,8-9,11-12H2,1-4H3. The maximum absolute atomic E-state index is 15.5. The van der Waals surface area contributed by atoms with Crippen LogP contribution in [0.25, 0.3) is 5.57 Å². The van der Waals surface area contributed by atoms with E-state index in [0.29, 0.717) is 11.3 Å². The van der Waals surface area contributed by atoms with Crippen molar-refractivity contribution in [2.45, 2.75) is 51.7 Å². The molecular weight excluding hydrogens is 306 g/mol. The molecule has 0 aliphatic carbocycles. The van der Waals surface area contributed by atoms with Gasteiger partial charge in [-0.05, 0) is 71.7 Å². The van der Waals surface area contributed by atoms with Crippen molar-refractivity contribution in [2.24, 2.45) is 5.92 Å². The van der Waals surface area contributed by atoms with Crippen molar-refractivity contribution < 1.29 is 13.7 Å². The highest BCUT2D eigenvalue weighted by Gasteiger charge is 2.54. The van der Waals surface area contributed by atoms with Crippen molar-refractivity contribution >= 4 is 12.7 Å². The summed E-state index contributed by atoms with van der Waals surface area (Å²) in [7, 11) is -0.970. The van der Waals surface area contributed by atoms with Gasteiger partial charge in [0.1, 0.15) is 5.73 Å². The van der Waals surface area contributed by atoms with E-state index in [9.17, 15) is 0 Å². The lowest BCUT2D eigenvalue weighted by Gasteiger charge is -2.32. The molecule has 0 atom stereocenters. The van der Waals surface area contributed by atoms with Gasteiger partial charge in [0.2, 0.25) is 0 Å². The molecule has 0 radical (unpaired) electrons. The third kappa shape index (κ3) is 3.28. The minimum Gasteiger partial charge on any atom is -0.398 e. The highest BCUT2D eigenvalue weighted by molar-refractivity contribution is 6.55. The monoisotopic (exact) mass is 332 g/mol. The molecule has 2 aliphatic rings. The summed E-state index contributed by atoms with van der Waals surface area (Å²) in [5.74, 6) is 0.125. The lowest BCUT2D eigenvalue weighted by atomic mass is 9.77. The van der Waals surface area contributed by atoms with Gasteiger partial charge in [0.05, 0.1) is 16.9 Å². The largest absolute Gasteiger partial charge is 0.525 e. The fourth-order valence-electron chi connectivity index (χ4n) is 3.23. The van der Waals surface area contributed by atoms with Crippen LogP contribution < -0.4 is 5.32 Å². The number of nitrogens with zero attached hydrogens (tertiary/aromatic N) is 1. The van der Waals surface area contributed by atoms with Crippen molar-refractivity contribution in [3.63, 3.8) is 0 Å². The van der Waals surface area contributed by atoms with Crippen LogP contribution >= 0.6 is 0 Å². The number of rotatable bonds is 3. The highest BCUT2D eigenvalue weighted by Crippen LogP contribution is 2.42. The molecule has 1 aromatic rings. The smallest absolute Gasteiger partial charge is 0.398 e. The van der Waals surface area contributed by atoms with Gasteiger partial charge in [-0.3, -0.25) is 4.98 Å². The number of allylic oxidation sites excluding steroid dienone is 1. The van der Waals surface area contributed by atoms with Gasteiger partial charge in [0.15, 0.2) is 0 Å². The molecule has 24 heavy (non-hydrogen) atoms. The molecular formula is C18H26BFN2O2. The average molecular weight is 332 g/mol. The van der Waals surface area contributed by atoms with Crippen LogP contribution in [0, 0.1) is 5.92 Å². The molecule has 0 aromatic carbocycles. The molecule has 0 amide bonds. The van der Waals surface area contributed by atoms with E-state index in [0.717, 1.165) is 25.9 Å². The molecule has 3 heterocycles. The molecule has 0 unspecified atom stereocenters. The van der Waals surface area contributed by atoms with Crippen LogP contribution in [0.2, 0.25) is 0 Å². The maximum atomic E-state index is 15.5. The van der Waals surface area contributed by atoms with Gasteiger partial charge < -0.3 is 14.6 Å². The molecule has 3 rings (SSSR count). The van der Waals surface area contributed by atoms with Crippen LogP contribution in [-0.2, 0) is 9.31 Å². The summed E-state index contributed by atoms with van der Waals surface area (Å²) in [5.41, 5.74) is -0.136. The van der Waals surface area contributed by atoms with Gasteiger partial charge in [0.25, 0.3) is 0 Å². The Bertz CT molecular complexity index is 597. The number of aromatic nitrogens is 1. The number of halogens is 1. The van der Waals surface area contributed by atoms with E-state index in [1.807, 2.05) is 45.9 Å². The van der Waals surface area contributed by atoms with E-state index in [-0.39, 0.29) is 11.6 Å². The van der Waals surface area contributed by atoms with E-state index in [1.54, 1.807) is 6.20 Å². The second-order valence-electron chi connectivity index (χ2n) is 7.59. The predicted octanol–water partition coefficient (Wildman–Crippen LogP) is 3.39. The molecule has 0 bridgehead atoms. The Balaban J connectivity index is 1.99. The van der Waals surface area contributed by atoms with Crippen LogP contribution in [-0.4, -0.2) is 36.4 Å². The first-order valence-corrected chi connectivity index (χ1v) is 8.69. The zero-order valence-electron chi connectivity index (χ0n) is 14.9. The fourth-order valence-corrected chi connectivity index (χ4v) is 3.23. The van der Waals surface area contributed by atoms with Crippen molar-refractivity contribution in [1.29, 1.82) is 0 Å². The normalized spacial score (nSPS) is 24.8. The average Bonchev–Trinajstić information content (AvgIpc) is 2.78. The van der Waals surface area contributed by atoms with Gasteiger partial charge in [-0.2, -0.15) is 0 Å². The van der Waals surface area contributed by atoms with Crippen LogP contribution in [0.15, 0.2) is 30.1 Å². The molecule has 2 saturated heterocycles. The molecule has 6 heteroatoms. The molecule has 1 aromatic heterocycles. The summed E-state index contributed by atoms with van der Waals surface area (Å²) in [4.78, 5) is 4.39. The zero-order chi connectivity index (χ0) is 17.4. The lowest BCUT2D eigenvalue weighted by Crippen LogP contribution is -2.41. The Morgan fingerprint density at radius 3 is 2.33 bits per heavy atom. The molecule has 2 aliphatic heterocycles. The quantitative estimate of drug-likeness (QED) is 0.862. The third-order valence-corrected chi connectivity index (χ3v) is 5.41. The Labute approximate surface area is 144 Å². The second-order valence-corrected chi connectivity index (χ2v) is 7.59. The highest BCUT2D eigenvalue weighted by atomic mass is 19.1. The lowest BCUT2D eigenvalue weighted by molar-refractivity contribution is 0.00578. The van der Waals surface area contributed by atoms with E-state index in [4.69, 9.17) is 9.31 Å². The fraction of sp³-hybridized carbons (Fsp3) is 0.611. The molecule has 2 fully saturated rings. The van der Waals surface area contributed by atoms with E-state index in [2.05, 4.69) is 10.3 Å². The van der Waals surface area contributed by atoms with Gasteiger partial charge in [-0.25, -0.2) is 4.39 Å². The minimum absolute atomic E-state index is 0.125. The third-order valence-electron chi connectivity index (χ3n) is 5.41. The molecule has 1 N–H and O–H groups in total. The van der Waals surface area contributed by atoms with E-state index in [1.165, 1.54) is 0 Å². The van der Waals surface area contributed by atoms with Crippen molar-refractivity contribution in [1.82, 2.24) is 10.3 Å². The first-order valence-electron chi connectivity index (χ1n) is 8.69. The van der Waals surface area contributed by atoms with Gasteiger partial charge in [-0.15, -0.1) is 0 Å². The van der Waals surface area contributed by atoms with E-state index < -0.39 is 18.3 Å². The maximum Gasteiger partial charge on any atom is 0.525 e. The number of piperidine rings is 1. The summed E-state index contributed by atoms with van der Waals surface area (Å²) in [5, 5.41) is 3.33. The molecule has 0 spiro atoms. The van der Waals surface area contributed by atoms with Crippen LogP contribution in [0.5, 0.6) is 0 Å². The SMILES string of the molecule is CC1(C)OB(C(F)=C(c2ccccn2)C2CCNCC2)OC1(C)C. The van der Waals surface area contributed by atoms with Gasteiger partial charge in [0, 0.05) is 11.8 Å². The van der Waals surface area contributed by atoms with Crippen molar-refractivity contribution in [3.8, 4) is 0 Å². The number of hydrogen-bond acceptors (Lipinski definition) is 4. The van der Waals surface area contributed by atoms with Crippen LogP contribution in [0.4, 0.5) is 4.39 Å². The zero-order valence-corrected chi connectivity index (χ0v) is 14.9. The molecule has 0 saturated carbocycles. The topological polar surface area (TPSA) is 43.4 Å². The molecule has 4 nitrogen and oxygen atoms in total.